The molecule has 1 nitrogen and oxygen atoms in total. The maximum atomic E-state index is 6.22. The lowest BCUT2D eigenvalue weighted by molar-refractivity contribution is 0.340. The molecular formula is C15H13BrCl2O. The van der Waals surface area contributed by atoms with E-state index in [0.29, 0.717) is 16.7 Å². The molecular weight excluding hydrogens is 347 g/mol. The van der Waals surface area contributed by atoms with Gasteiger partial charge >= 0.3 is 0 Å². The Bertz CT molecular complexity index is 555. The summed E-state index contributed by atoms with van der Waals surface area (Å²) in [5, 5.41) is 1.29. The van der Waals surface area contributed by atoms with Crippen LogP contribution >= 0.6 is 39.1 Å². The van der Waals surface area contributed by atoms with Crippen molar-refractivity contribution >= 4 is 39.1 Å². The number of hydrogen-bond acceptors (Lipinski definition) is 1. The summed E-state index contributed by atoms with van der Waals surface area (Å²) in [6.07, 6.45) is 0. The molecule has 0 bridgehead atoms. The van der Waals surface area contributed by atoms with Crippen molar-refractivity contribution in [2.45, 2.75) is 11.8 Å². The predicted octanol–water partition coefficient (Wildman–Crippen LogP) is 5.88. The Balaban J connectivity index is 2.25. The second-order valence-corrected chi connectivity index (χ2v) is 5.79. The highest BCUT2D eigenvalue weighted by molar-refractivity contribution is 9.09. The van der Waals surface area contributed by atoms with Crippen LogP contribution in [0.2, 0.25) is 10.0 Å². The molecule has 0 heterocycles. The zero-order valence-electron chi connectivity index (χ0n) is 10.4. The van der Waals surface area contributed by atoms with Gasteiger partial charge in [0.15, 0.2) is 0 Å². The van der Waals surface area contributed by atoms with Crippen LogP contribution in [0.4, 0.5) is 0 Å². The van der Waals surface area contributed by atoms with Crippen molar-refractivity contribution in [1.82, 2.24) is 0 Å². The van der Waals surface area contributed by atoms with E-state index in [4.69, 9.17) is 27.9 Å². The lowest BCUT2D eigenvalue weighted by Crippen LogP contribution is -1.95. The third-order valence-electron chi connectivity index (χ3n) is 2.72. The van der Waals surface area contributed by atoms with E-state index < -0.39 is 0 Å². The molecule has 0 aliphatic heterocycles. The number of ether oxygens (including phenoxy) is 1. The number of alkyl halides is 1. The van der Waals surface area contributed by atoms with Gasteiger partial charge in [0.25, 0.3) is 0 Å². The molecule has 2 aromatic carbocycles. The average Bonchev–Trinajstić information content (AvgIpc) is 2.39. The van der Waals surface area contributed by atoms with Crippen LogP contribution in [0.1, 0.15) is 22.9 Å². The van der Waals surface area contributed by atoms with Gasteiger partial charge in [-0.15, -0.1) is 0 Å². The van der Waals surface area contributed by atoms with Crippen molar-refractivity contribution in [2.24, 2.45) is 0 Å². The van der Waals surface area contributed by atoms with E-state index >= 15 is 0 Å². The summed E-state index contributed by atoms with van der Waals surface area (Å²) in [7, 11) is 0. The molecule has 0 aliphatic rings. The standard InChI is InChI=1S/C15H13BrCl2O/c1-2-19-12-6-3-10(4-7-12)15(16)13-8-5-11(17)9-14(13)18/h3-9,15H,2H2,1H3. The second kappa shape index (κ2) is 6.65. The van der Waals surface area contributed by atoms with Crippen molar-refractivity contribution < 1.29 is 4.74 Å². The van der Waals surface area contributed by atoms with Gasteiger partial charge in [-0.1, -0.05) is 57.3 Å². The number of benzene rings is 2. The first-order chi connectivity index (χ1) is 9.11. The van der Waals surface area contributed by atoms with Crippen LogP contribution in [0.15, 0.2) is 42.5 Å². The third kappa shape index (κ3) is 3.65. The van der Waals surface area contributed by atoms with E-state index in [1.807, 2.05) is 43.3 Å². The normalized spacial score (nSPS) is 12.2. The summed E-state index contributed by atoms with van der Waals surface area (Å²) in [6, 6.07) is 13.5. The predicted molar refractivity (Wildman–Crippen MR) is 84.8 cm³/mol. The summed E-state index contributed by atoms with van der Waals surface area (Å²) in [5.74, 6) is 0.869. The molecule has 100 valence electrons. The summed E-state index contributed by atoms with van der Waals surface area (Å²) in [5.41, 5.74) is 2.11. The molecule has 0 N–H and O–H groups in total. The molecule has 0 fully saturated rings. The number of halogens is 3. The third-order valence-corrected chi connectivity index (χ3v) is 4.30. The molecule has 0 saturated heterocycles. The molecule has 19 heavy (non-hydrogen) atoms. The van der Waals surface area contributed by atoms with Crippen LogP contribution in [0, 0.1) is 0 Å². The van der Waals surface area contributed by atoms with E-state index in [9.17, 15) is 0 Å². The van der Waals surface area contributed by atoms with Gasteiger partial charge in [0.05, 0.1) is 11.4 Å². The zero-order valence-corrected chi connectivity index (χ0v) is 13.5. The molecule has 0 amide bonds. The first-order valence-corrected chi connectivity index (χ1v) is 7.60. The van der Waals surface area contributed by atoms with Gasteiger partial charge in [0, 0.05) is 10.0 Å². The molecule has 0 spiro atoms. The molecule has 0 aromatic heterocycles. The minimum Gasteiger partial charge on any atom is -0.494 e. The van der Waals surface area contributed by atoms with Gasteiger partial charge in [-0.05, 0) is 42.3 Å². The van der Waals surface area contributed by atoms with Crippen molar-refractivity contribution in [3.63, 3.8) is 0 Å². The second-order valence-electron chi connectivity index (χ2n) is 4.03. The van der Waals surface area contributed by atoms with Gasteiger partial charge in [0.2, 0.25) is 0 Å². The molecule has 0 radical (unpaired) electrons. The number of hydrogen-bond donors (Lipinski definition) is 0. The maximum Gasteiger partial charge on any atom is 0.119 e. The maximum absolute atomic E-state index is 6.22. The molecule has 1 unspecified atom stereocenters. The van der Waals surface area contributed by atoms with Gasteiger partial charge < -0.3 is 4.74 Å². The Labute approximate surface area is 131 Å². The van der Waals surface area contributed by atoms with E-state index in [1.54, 1.807) is 6.07 Å². The van der Waals surface area contributed by atoms with Gasteiger partial charge in [-0.2, -0.15) is 0 Å². The van der Waals surface area contributed by atoms with Crippen LogP contribution in [-0.4, -0.2) is 6.61 Å². The van der Waals surface area contributed by atoms with E-state index in [-0.39, 0.29) is 4.83 Å². The lowest BCUT2D eigenvalue weighted by Gasteiger charge is -2.13. The highest BCUT2D eigenvalue weighted by Gasteiger charge is 2.14. The van der Waals surface area contributed by atoms with Crippen molar-refractivity contribution in [1.29, 1.82) is 0 Å². The molecule has 0 saturated carbocycles. The Hall–Kier alpha value is -0.700. The van der Waals surface area contributed by atoms with Crippen LogP contribution in [-0.2, 0) is 0 Å². The lowest BCUT2D eigenvalue weighted by atomic mass is 10.0. The fourth-order valence-electron chi connectivity index (χ4n) is 1.79. The van der Waals surface area contributed by atoms with Crippen LogP contribution < -0.4 is 4.74 Å². The minimum absolute atomic E-state index is 0.0351. The van der Waals surface area contributed by atoms with Crippen LogP contribution in [0.25, 0.3) is 0 Å². The fourth-order valence-corrected chi connectivity index (χ4v) is 3.14. The first kappa shape index (κ1) is 14.7. The highest BCUT2D eigenvalue weighted by Crippen LogP contribution is 2.36. The monoisotopic (exact) mass is 358 g/mol. The van der Waals surface area contributed by atoms with Crippen molar-refractivity contribution in [3.05, 3.63) is 63.6 Å². The summed E-state index contributed by atoms with van der Waals surface area (Å²) in [6.45, 7) is 2.63. The number of rotatable bonds is 4. The average molecular weight is 360 g/mol. The van der Waals surface area contributed by atoms with Crippen LogP contribution in [0.5, 0.6) is 5.75 Å². The molecule has 2 rings (SSSR count). The highest BCUT2D eigenvalue weighted by atomic mass is 79.9. The molecule has 2 aromatic rings. The van der Waals surface area contributed by atoms with E-state index in [2.05, 4.69) is 15.9 Å². The Morgan fingerprint density at radius 1 is 1.11 bits per heavy atom. The van der Waals surface area contributed by atoms with Crippen molar-refractivity contribution in [3.8, 4) is 5.75 Å². The molecule has 4 heteroatoms. The van der Waals surface area contributed by atoms with E-state index in [1.165, 1.54) is 0 Å². The molecule has 1 atom stereocenters. The Morgan fingerprint density at radius 2 is 1.79 bits per heavy atom. The zero-order chi connectivity index (χ0) is 13.8. The Kier molecular flexibility index (Phi) is 5.14. The molecule has 0 aliphatic carbocycles. The quantitative estimate of drug-likeness (QED) is 0.619. The van der Waals surface area contributed by atoms with E-state index in [0.717, 1.165) is 16.9 Å². The summed E-state index contributed by atoms with van der Waals surface area (Å²) in [4.78, 5) is 0.0351. The van der Waals surface area contributed by atoms with Gasteiger partial charge in [-0.25, -0.2) is 0 Å². The first-order valence-electron chi connectivity index (χ1n) is 5.93. The van der Waals surface area contributed by atoms with Gasteiger partial charge in [-0.3, -0.25) is 0 Å². The summed E-state index contributed by atoms with van der Waals surface area (Å²) >= 11 is 15.8. The fraction of sp³-hybridized carbons (Fsp3) is 0.200. The van der Waals surface area contributed by atoms with Crippen molar-refractivity contribution in [2.75, 3.05) is 6.61 Å². The minimum atomic E-state index is 0.0351. The topological polar surface area (TPSA) is 9.23 Å². The largest absolute Gasteiger partial charge is 0.494 e. The summed E-state index contributed by atoms with van der Waals surface area (Å²) < 4.78 is 5.43. The van der Waals surface area contributed by atoms with Crippen LogP contribution in [0.3, 0.4) is 0 Å². The SMILES string of the molecule is CCOc1ccc(C(Br)c2ccc(Cl)cc2Cl)cc1. The smallest absolute Gasteiger partial charge is 0.119 e. The van der Waals surface area contributed by atoms with Gasteiger partial charge in [0.1, 0.15) is 5.75 Å². The Morgan fingerprint density at radius 3 is 2.37 bits per heavy atom.